The summed E-state index contributed by atoms with van der Waals surface area (Å²) in [6, 6.07) is 8.25. The Morgan fingerprint density at radius 1 is 1.30 bits per heavy atom. The summed E-state index contributed by atoms with van der Waals surface area (Å²) >= 11 is 0. The zero-order valence-corrected chi connectivity index (χ0v) is 12.5. The molecule has 0 radical (unpaired) electrons. The van der Waals surface area contributed by atoms with E-state index in [9.17, 15) is 4.79 Å². The molecule has 0 saturated heterocycles. The van der Waals surface area contributed by atoms with Gasteiger partial charge < -0.3 is 11.1 Å². The van der Waals surface area contributed by atoms with E-state index in [2.05, 4.69) is 24.4 Å². The summed E-state index contributed by atoms with van der Waals surface area (Å²) < 4.78 is 0. The molecule has 3 N–H and O–H groups in total. The molecule has 1 fully saturated rings. The Morgan fingerprint density at radius 3 is 2.70 bits per heavy atom. The van der Waals surface area contributed by atoms with Gasteiger partial charge in [-0.1, -0.05) is 49.1 Å². The molecule has 2 rings (SSSR count). The average Bonchev–Trinajstić information content (AvgIpc) is 2.46. The maximum atomic E-state index is 12.2. The van der Waals surface area contributed by atoms with E-state index in [1.54, 1.807) is 0 Å². The topological polar surface area (TPSA) is 55.1 Å². The maximum Gasteiger partial charge on any atom is 0.220 e. The number of amides is 1. The van der Waals surface area contributed by atoms with Crippen LogP contribution in [0.5, 0.6) is 0 Å². The normalized spacial score (nSPS) is 17.7. The number of carbonyl (C=O) groups is 1. The lowest BCUT2D eigenvalue weighted by Gasteiger charge is -2.35. The van der Waals surface area contributed by atoms with Gasteiger partial charge in [-0.2, -0.15) is 0 Å². The van der Waals surface area contributed by atoms with E-state index in [1.165, 1.54) is 24.8 Å². The van der Waals surface area contributed by atoms with Crippen molar-refractivity contribution in [3.05, 3.63) is 35.4 Å². The van der Waals surface area contributed by atoms with Crippen molar-refractivity contribution < 1.29 is 4.79 Å². The minimum atomic E-state index is 0.0505. The molecule has 1 amide bonds. The van der Waals surface area contributed by atoms with Crippen LogP contribution in [0.2, 0.25) is 0 Å². The van der Waals surface area contributed by atoms with E-state index in [-0.39, 0.29) is 11.3 Å². The van der Waals surface area contributed by atoms with Crippen molar-refractivity contribution in [1.82, 2.24) is 5.32 Å². The van der Waals surface area contributed by atoms with Crippen LogP contribution >= 0.6 is 0 Å². The maximum absolute atomic E-state index is 12.2. The first-order valence-electron chi connectivity index (χ1n) is 7.66. The molecule has 0 heterocycles. The zero-order chi connectivity index (χ0) is 14.4. The molecular weight excluding hydrogens is 248 g/mol. The monoisotopic (exact) mass is 274 g/mol. The van der Waals surface area contributed by atoms with Crippen LogP contribution < -0.4 is 11.1 Å². The molecule has 1 aliphatic carbocycles. The number of carbonyl (C=O) groups excluding carboxylic acids is 1. The lowest BCUT2D eigenvalue weighted by Crippen LogP contribution is -2.38. The fourth-order valence-electron chi connectivity index (χ4n) is 3.18. The second-order valence-corrected chi connectivity index (χ2v) is 6.21. The molecule has 3 nitrogen and oxygen atoms in total. The van der Waals surface area contributed by atoms with Crippen molar-refractivity contribution in [3.63, 3.8) is 0 Å². The van der Waals surface area contributed by atoms with Crippen LogP contribution in [-0.4, -0.2) is 12.5 Å². The lowest BCUT2D eigenvalue weighted by molar-refractivity contribution is -0.124. The third-order valence-corrected chi connectivity index (χ3v) is 4.45. The van der Waals surface area contributed by atoms with Gasteiger partial charge in [0.15, 0.2) is 0 Å². The predicted molar refractivity (Wildman–Crippen MR) is 82.2 cm³/mol. The molecule has 1 aromatic carbocycles. The van der Waals surface area contributed by atoms with Crippen LogP contribution in [0.1, 0.15) is 49.7 Å². The van der Waals surface area contributed by atoms with Gasteiger partial charge in [0.2, 0.25) is 5.91 Å². The molecule has 0 aromatic heterocycles. The van der Waals surface area contributed by atoms with Crippen LogP contribution in [0, 0.1) is 12.3 Å². The molecule has 0 spiro atoms. The van der Waals surface area contributed by atoms with Gasteiger partial charge >= 0.3 is 0 Å². The Balaban J connectivity index is 1.85. The van der Waals surface area contributed by atoms with Crippen molar-refractivity contribution in [2.75, 3.05) is 6.54 Å². The molecular formula is C17H26N2O. The Labute approximate surface area is 121 Å². The third-order valence-electron chi connectivity index (χ3n) is 4.45. The standard InChI is InChI=1S/C17H26N2O/c1-14-6-5-7-15(10-14)12-19-16(20)11-17(13-18)8-3-2-4-9-17/h5-7,10H,2-4,8-9,11-13,18H2,1H3,(H,19,20). The van der Waals surface area contributed by atoms with E-state index in [4.69, 9.17) is 5.73 Å². The molecule has 0 atom stereocenters. The number of aryl methyl sites for hydroxylation is 1. The Hall–Kier alpha value is -1.35. The largest absolute Gasteiger partial charge is 0.352 e. The molecule has 20 heavy (non-hydrogen) atoms. The van der Waals surface area contributed by atoms with Gasteiger partial charge in [0.1, 0.15) is 0 Å². The van der Waals surface area contributed by atoms with E-state index < -0.39 is 0 Å². The van der Waals surface area contributed by atoms with Crippen molar-refractivity contribution in [1.29, 1.82) is 0 Å². The molecule has 1 aromatic rings. The third kappa shape index (κ3) is 4.07. The fourth-order valence-corrected chi connectivity index (χ4v) is 3.18. The molecule has 110 valence electrons. The summed E-state index contributed by atoms with van der Waals surface area (Å²) in [6.07, 6.45) is 6.48. The van der Waals surface area contributed by atoms with Crippen LogP contribution in [0.3, 0.4) is 0 Å². The van der Waals surface area contributed by atoms with Crippen LogP contribution in [0.4, 0.5) is 0 Å². The van der Waals surface area contributed by atoms with Gasteiger partial charge in [-0.25, -0.2) is 0 Å². The summed E-state index contributed by atoms with van der Waals surface area (Å²) in [4.78, 5) is 12.2. The fraction of sp³-hybridized carbons (Fsp3) is 0.588. The van der Waals surface area contributed by atoms with Crippen LogP contribution in [0.25, 0.3) is 0 Å². The van der Waals surface area contributed by atoms with Crippen LogP contribution in [-0.2, 0) is 11.3 Å². The highest BCUT2D eigenvalue weighted by Crippen LogP contribution is 2.38. The molecule has 0 bridgehead atoms. The molecule has 0 unspecified atom stereocenters. The number of hydrogen-bond acceptors (Lipinski definition) is 2. The minimum Gasteiger partial charge on any atom is -0.352 e. The highest BCUT2D eigenvalue weighted by molar-refractivity contribution is 5.76. The Morgan fingerprint density at radius 2 is 2.05 bits per heavy atom. The molecule has 1 aliphatic rings. The van der Waals surface area contributed by atoms with Crippen molar-refractivity contribution in [3.8, 4) is 0 Å². The number of rotatable bonds is 5. The average molecular weight is 274 g/mol. The molecule has 3 heteroatoms. The first kappa shape index (κ1) is 15.0. The highest BCUT2D eigenvalue weighted by Gasteiger charge is 2.32. The van der Waals surface area contributed by atoms with Crippen molar-refractivity contribution in [2.45, 2.75) is 52.0 Å². The molecule has 1 saturated carbocycles. The SMILES string of the molecule is Cc1cccc(CNC(=O)CC2(CN)CCCCC2)c1. The first-order chi connectivity index (χ1) is 9.63. The van der Waals surface area contributed by atoms with Crippen LogP contribution in [0.15, 0.2) is 24.3 Å². The van der Waals surface area contributed by atoms with E-state index in [0.717, 1.165) is 18.4 Å². The number of hydrogen-bond donors (Lipinski definition) is 2. The van der Waals surface area contributed by atoms with Gasteiger partial charge in [-0.3, -0.25) is 4.79 Å². The second kappa shape index (κ2) is 6.89. The van der Waals surface area contributed by atoms with Gasteiger partial charge in [0, 0.05) is 13.0 Å². The number of benzene rings is 1. The van der Waals surface area contributed by atoms with Crippen molar-refractivity contribution in [2.24, 2.45) is 11.1 Å². The summed E-state index contributed by atoms with van der Waals surface area (Å²) in [5, 5.41) is 3.04. The van der Waals surface area contributed by atoms with Gasteiger partial charge in [0.05, 0.1) is 0 Å². The van der Waals surface area contributed by atoms with E-state index in [0.29, 0.717) is 19.5 Å². The molecule has 0 aliphatic heterocycles. The minimum absolute atomic E-state index is 0.0505. The smallest absolute Gasteiger partial charge is 0.220 e. The van der Waals surface area contributed by atoms with Crippen molar-refractivity contribution >= 4 is 5.91 Å². The number of nitrogens with one attached hydrogen (secondary N) is 1. The van der Waals surface area contributed by atoms with E-state index in [1.807, 2.05) is 12.1 Å². The lowest BCUT2D eigenvalue weighted by atomic mass is 9.71. The van der Waals surface area contributed by atoms with Gasteiger partial charge in [-0.15, -0.1) is 0 Å². The predicted octanol–water partition coefficient (Wildman–Crippen LogP) is 2.91. The highest BCUT2D eigenvalue weighted by atomic mass is 16.1. The summed E-state index contributed by atoms with van der Waals surface area (Å²) in [5.41, 5.74) is 8.36. The van der Waals surface area contributed by atoms with Gasteiger partial charge in [-0.05, 0) is 37.3 Å². The summed E-state index contributed by atoms with van der Waals surface area (Å²) in [5.74, 6) is 0.138. The quantitative estimate of drug-likeness (QED) is 0.867. The Kier molecular flexibility index (Phi) is 5.18. The van der Waals surface area contributed by atoms with E-state index >= 15 is 0 Å². The van der Waals surface area contributed by atoms with Gasteiger partial charge in [0.25, 0.3) is 0 Å². The first-order valence-corrected chi connectivity index (χ1v) is 7.66. The number of nitrogens with two attached hydrogens (primary N) is 1. The zero-order valence-electron chi connectivity index (χ0n) is 12.5. The summed E-state index contributed by atoms with van der Waals surface area (Å²) in [7, 11) is 0. The summed E-state index contributed by atoms with van der Waals surface area (Å²) in [6.45, 7) is 3.31. The second-order valence-electron chi connectivity index (χ2n) is 6.21. The Bertz CT molecular complexity index is 450.